The van der Waals surface area contributed by atoms with Crippen molar-refractivity contribution in [1.29, 1.82) is 0 Å². The Balaban J connectivity index is 1.82. The molecule has 4 nitrogen and oxygen atoms in total. The van der Waals surface area contributed by atoms with Crippen molar-refractivity contribution < 1.29 is 18.3 Å². The number of nitrogens with zero attached hydrogens (tertiary/aromatic N) is 1. The second kappa shape index (κ2) is 7.82. The predicted octanol–water partition coefficient (Wildman–Crippen LogP) is 4.66. The molecule has 0 unspecified atom stereocenters. The molecule has 2 aromatic rings. The van der Waals surface area contributed by atoms with Gasteiger partial charge in [-0.2, -0.15) is 0 Å². The highest BCUT2D eigenvalue weighted by atomic mass is 32.2. The van der Waals surface area contributed by atoms with Crippen molar-refractivity contribution in [3.63, 3.8) is 0 Å². The average molecular weight is 364 g/mol. The molecule has 1 saturated carbocycles. The summed E-state index contributed by atoms with van der Waals surface area (Å²) in [5.41, 5.74) is -0.228. The minimum atomic E-state index is -0.920. The van der Waals surface area contributed by atoms with E-state index in [0.29, 0.717) is 5.75 Å². The number of hydrogen-bond acceptors (Lipinski definition) is 4. The van der Waals surface area contributed by atoms with Gasteiger partial charge in [0.05, 0.1) is 18.5 Å². The van der Waals surface area contributed by atoms with Gasteiger partial charge in [0, 0.05) is 10.5 Å². The zero-order chi connectivity index (χ0) is 17.8. The van der Waals surface area contributed by atoms with Crippen molar-refractivity contribution in [2.45, 2.75) is 36.7 Å². The molecule has 0 radical (unpaired) electrons. The Morgan fingerprint density at radius 1 is 1.24 bits per heavy atom. The third-order valence-electron chi connectivity index (χ3n) is 4.11. The molecule has 0 bridgehead atoms. The summed E-state index contributed by atoms with van der Waals surface area (Å²) >= 11 is 1.52. The topological polar surface area (TPSA) is 51.2 Å². The maximum Gasteiger partial charge on any atom is 0.255 e. The van der Waals surface area contributed by atoms with Gasteiger partial charge in [-0.3, -0.25) is 9.78 Å². The molecule has 1 amide bonds. The van der Waals surface area contributed by atoms with Crippen molar-refractivity contribution in [2.75, 3.05) is 11.6 Å². The summed E-state index contributed by atoms with van der Waals surface area (Å²) in [5, 5.41) is 2.26. The van der Waals surface area contributed by atoms with Crippen LogP contribution in [-0.2, 0) is 0 Å². The Hall–Kier alpha value is -2.15. The van der Waals surface area contributed by atoms with Crippen LogP contribution in [0.1, 0.15) is 36.0 Å². The van der Waals surface area contributed by atoms with Gasteiger partial charge >= 0.3 is 0 Å². The smallest absolute Gasteiger partial charge is 0.255 e. The molecule has 1 heterocycles. The first-order valence-corrected chi connectivity index (χ1v) is 9.26. The number of hydrogen-bond donors (Lipinski definition) is 1. The lowest BCUT2D eigenvalue weighted by Crippen LogP contribution is -2.16. The van der Waals surface area contributed by atoms with Gasteiger partial charge in [-0.25, -0.2) is 8.78 Å². The van der Waals surface area contributed by atoms with E-state index in [1.807, 2.05) is 6.26 Å². The van der Waals surface area contributed by atoms with E-state index in [4.69, 9.17) is 4.74 Å². The normalized spacial score (nSPS) is 14.5. The molecular weight excluding hydrogens is 346 g/mol. The van der Waals surface area contributed by atoms with Crippen LogP contribution in [0.2, 0.25) is 0 Å². The molecule has 1 fully saturated rings. The van der Waals surface area contributed by atoms with Crippen LogP contribution < -0.4 is 10.1 Å². The maximum absolute atomic E-state index is 13.6. The lowest BCUT2D eigenvalue weighted by Gasteiger charge is -2.17. The number of ether oxygens (including phenoxy) is 1. The van der Waals surface area contributed by atoms with Gasteiger partial charge in [-0.1, -0.05) is 0 Å². The summed E-state index contributed by atoms with van der Waals surface area (Å²) in [7, 11) is 0. The van der Waals surface area contributed by atoms with Crippen LogP contribution in [0.5, 0.6) is 5.75 Å². The van der Waals surface area contributed by atoms with E-state index in [1.165, 1.54) is 11.8 Å². The molecule has 0 spiro atoms. The number of anilines is 1. The first-order chi connectivity index (χ1) is 12.1. The fourth-order valence-corrected chi connectivity index (χ4v) is 3.32. The van der Waals surface area contributed by atoms with Crippen LogP contribution in [-0.4, -0.2) is 23.3 Å². The van der Waals surface area contributed by atoms with Crippen LogP contribution in [0.3, 0.4) is 0 Å². The Labute approximate surface area is 149 Å². The highest BCUT2D eigenvalue weighted by molar-refractivity contribution is 7.98. The van der Waals surface area contributed by atoms with Gasteiger partial charge < -0.3 is 10.1 Å². The molecule has 1 N–H and O–H groups in total. The largest absolute Gasteiger partial charge is 0.489 e. The number of rotatable bonds is 5. The number of aromatic nitrogens is 1. The number of carbonyl (C=O) groups is 1. The number of halogens is 2. The summed E-state index contributed by atoms with van der Waals surface area (Å²) in [4.78, 5) is 16.7. The average Bonchev–Trinajstić information content (AvgIpc) is 3.11. The molecule has 1 aliphatic carbocycles. The summed E-state index contributed by atoms with van der Waals surface area (Å²) in [6.45, 7) is 0. The van der Waals surface area contributed by atoms with Crippen molar-refractivity contribution in [3.8, 4) is 5.75 Å². The molecular formula is C18H18F2N2O2S. The van der Waals surface area contributed by atoms with E-state index in [2.05, 4.69) is 10.3 Å². The first-order valence-electron chi connectivity index (χ1n) is 8.03. The Bertz CT molecular complexity index is 759. The lowest BCUT2D eigenvalue weighted by atomic mass is 10.2. The van der Waals surface area contributed by atoms with Crippen LogP contribution in [0.15, 0.2) is 35.5 Å². The van der Waals surface area contributed by atoms with E-state index >= 15 is 0 Å². The minimum absolute atomic E-state index is 0.152. The van der Waals surface area contributed by atoms with Crippen LogP contribution in [0.25, 0.3) is 0 Å². The molecule has 3 rings (SSSR count). The fraction of sp³-hybridized carbons (Fsp3) is 0.333. The summed E-state index contributed by atoms with van der Waals surface area (Å²) in [5.74, 6) is -1.82. The maximum atomic E-state index is 13.6. The Morgan fingerprint density at radius 3 is 2.56 bits per heavy atom. The fourth-order valence-electron chi connectivity index (χ4n) is 2.81. The first kappa shape index (κ1) is 17.7. The standard InChI is InChI=1S/C18H18F2N2O2S/c1-25-16-7-6-11(8-15(16)24-12-4-2-3-5-12)18(23)22-17-13(19)9-21-10-14(17)20/h6-10,12H,2-5H2,1H3,(H,21,22,23). The number of nitrogens with one attached hydrogen (secondary N) is 1. The zero-order valence-electron chi connectivity index (χ0n) is 13.7. The highest BCUT2D eigenvalue weighted by Gasteiger charge is 2.20. The van der Waals surface area contributed by atoms with Gasteiger partial charge in [-0.15, -0.1) is 11.8 Å². The summed E-state index contributed by atoms with van der Waals surface area (Å²) < 4.78 is 33.3. The van der Waals surface area contributed by atoms with Gasteiger partial charge in [0.1, 0.15) is 11.4 Å². The van der Waals surface area contributed by atoms with Crippen LogP contribution in [0.4, 0.5) is 14.5 Å². The number of benzene rings is 1. The van der Waals surface area contributed by atoms with Gasteiger partial charge in [0.15, 0.2) is 11.6 Å². The number of carbonyl (C=O) groups excluding carboxylic acids is 1. The predicted molar refractivity (Wildman–Crippen MR) is 93.2 cm³/mol. The quantitative estimate of drug-likeness (QED) is 0.785. The van der Waals surface area contributed by atoms with Crippen molar-refractivity contribution in [3.05, 3.63) is 47.8 Å². The zero-order valence-corrected chi connectivity index (χ0v) is 14.5. The molecule has 1 aromatic heterocycles. The lowest BCUT2D eigenvalue weighted by molar-refractivity contribution is 0.102. The second-order valence-electron chi connectivity index (χ2n) is 5.82. The molecule has 1 aromatic carbocycles. The highest BCUT2D eigenvalue weighted by Crippen LogP contribution is 2.33. The monoisotopic (exact) mass is 364 g/mol. The van der Waals surface area contributed by atoms with Gasteiger partial charge in [0.25, 0.3) is 5.91 Å². The molecule has 0 atom stereocenters. The summed E-state index contributed by atoms with van der Waals surface area (Å²) in [6.07, 6.45) is 8.06. The van der Waals surface area contributed by atoms with E-state index in [1.54, 1.807) is 18.2 Å². The minimum Gasteiger partial charge on any atom is -0.489 e. The van der Waals surface area contributed by atoms with E-state index in [0.717, 1.165) is 43.0 Å². The third kappa shape index (κ3) is 4.10. The molecule has 25 heavy (non-hydrogen) atoms. The van der Waals surface area contributed by atoms with E-state index in [9.17, 15) is 13.6 Å². The number of thioether (sulfide) groups is 1. The Morgan fingerprint density at radius 2 is 1.92 bits per heavy atom. The van der Waals surface area contributed by atoms with Gasteiger partial charge in [-0.05, 0) is 50.1 Å². The third-order valence-corrected chi connectivity index (χ3v) is 4.89. The van der Waals surface area contributed by atoms with E-state index < -0.39 is 23.2 Å². The molecule has 7 heteroatoms. The van der Waals surface area contributed by atoms with Crippen LogP contribution >= 0.6 is 11.8 Å². The molecule has 132 valence electrons. The van der Waals surface area contributed by atoms with Crippen molar-refractivity contribution >= 4 is 23.4 Å². The second-order valence-corrected chi connectivity index (χ2v) is 6.67. The van der Waals surface area contributed by atoms with Gasteiger partial charge in [0.2, 0.25) is 0 Å². The summed E-state index contributed by atoms with van der Waals surface area (Å²) in [6, 6.07) is 5.01. The van der Waals surface area contributed by atoms with E-state index in [-0.39, 0.29) is 11.7 Å². The van der Waals surface area contributed by atoms with Crippen molar-refractivity contribution in [2.24, 2.45) is 0 Å². The Kier molecular flexibility index (Phi) is 5.53. The number of amides is 1. The SMILES string of the molecule is CSc1ccc(C(=O)Nc2c(F)cncc2F)cc1OC1CCCC1. The molecule has 1 aliphatic rings. The molecule has 0 saturated heterocycles. The van der Waals surface area contributed by atoms with Crippen LogP contribution in [0, 0.1) is 11.6 Å². The number of pyridine rings is 1. The molecule has 0 aliphatic heterocycles. The van der Waals surface area contributed by atoms with Crippen molar-refractivity contribution in [1.82, 2.24) is 4.98 Å².